The molecule has 8 heterocycles. The van der Waals surface area contributed by atoms with E-state index in [2.05, 4.69) is 222 Å². The van der Waals surface area contributed by atoms with Crippen molar-refractivity contribution < 1.29 is 0 Å². The number of hydrogen-bond donors (Lipinski definition) is 4. The zero-order valence-electron chi connectivity index (χ0n) is 48.6. The summed E-state index contributed by atoms with van der Waals surface area (Å²) in [7, 11) is 0. The number of nitrogens with two attached hydrogens (primary N) is 4. The fourth-order valence-electron chi connectivity index (χ4n) is 8.65. The van der Waals surface area contributed by atoms with Crippen LogP contribution in [0.5, 0.6) is 0 Å². The Bertz CT molecular complexity index is 2860. The second-order valence-corrected chi connectivity index (χ2v) is 27.0. The molecule has 0 saturated heterocycles. The fourth-order valence-corrected chi connectivity index (χ4v) is 8.65. The van der Waals surface area contributed by atoms with Gasteiger partial charge in [-0.05, 0) is 62.3 Å². The number of hydrogen-bond acceptors (Lipinski definition) is 16. The van der Waals surface area contributed by atoms with E-state index in [0.717, 1.165) is 68.1 Å². The molecule has 8 rings (SSSR count). The number of rotatable bonds is 0. The Hall–Kier alpha value is -6.66. The van der Waals surface area contributed by atoms with Gasteiger partial charge < -0.3 is 32.7 Å². The first-order valence-electron chi connectivity index (χ1n) is 25.0. The molecular weight excluding hydrogens is 915 g/mol. The highest BCUT2D eigenvalue weighted by atomic mass is 15.5. The van der Waals surface area contributed by atoms with Crippen LogP contribution in [0.1, 0.15) is 195 Å². The molecule has 1 aliphatic rings. The van der Waals surface area contributed by atoms with Crippen molar-refractivity contribution in [2.45, 2.75) is 210 Å². The molecule has 8 N–H and O–H groups in total. The molecule has 0 saturated carbocycles. The number of anilines is 6. The highest BCUT2D eigenvalue weighted by Gasteiger charge is 2.44. The number of nitrogen functional groups attached to an aromatic ring is 4. The first-order valence-corrected chi connectivity index (χ1v) is 25.0. The minimum absolute atomic E-state index is 0.0276. The summed E-state index contributed by atoms with van der Waals surface area (Å²) in [4.78, 5) is 35.0. The van der Waals surface area contributed by atoms with Crippen LogP contribution in [-0.2, 0) is 32.6 Å². The van der Waals surface area contributed by atoms with Gasteiger partial charge in [0.2, 0.25) is 0 Å². The molecule has 0 bridgehead atoms. The lowest BCUT2D eigenvalue weighted by atomic mass is 9.90. The third-order valence-corrected chi connectivity index (χ3v) is 11.8. The molecule has 0 aromatic carbocycles. The third-order valence-electron chi connectivity index (χ3n) is 11.8. The maximum Gasteiger partial charge on any atom is 0.172 e. The van der Waals surface area contributed by atoms with Gasteiger partial charge in [-0.25, -0.2) is 39.6 Å². The monoisotopic (exact) mass is 1000 g/mol. The van der Waals surface area contributed by atoms with Gasteiger partial charge in [0.1, 0.15) is 64.8 Å². The summed E-state index contributed by atoms with van der Waals surface area (Å²) < 4.78 is 5.97. The topological polar surface area (TPSA) is 253 Å². The zero-order chi connectivity index (χ0) is 55.7. The van der Waals surface area contributed by atoms with Crippen LogP contribution in [0.15, 0.2) is 43.8 Å². The molecule has 1 aliphatic heterocycles. The van der Waals surface area contributed by atoms with Gasteiger partial charge in [-0.15, -0.1) is 10.2 Å². The first kappa shape index (κ1) is 57.2. The van der Waals surface area contributed by atoms with Crippen LogP contribution in [0.3, 0.4) is 0 Å². The smallest absolute Gasteiger partial charge is 0.172 e. The molecular formula is C54H87N19. The summed E-state index contributed by atoms with van der Waals surface area (Å²) in [5.41, 5.74) is 29.8. The highest BCUT2D eigenvalue weighted by Crippen LogP contribution is 2.49. The van der Waals surface area contributed by atoms with Crippen molar-refractivity contribution in [3.63, 3.8) is 0 Å². The average Bonchev–Trinajstić information content (AvgIpc) is 3.98. The van der Waals surface area contributed by atoms with E-state index in [1.807, 2.05) is 15.3 Å². The number of imidazole rings is 2. The lowest BCUT2D eigenvalue weighted by molar-refractivity contribution is 0.357. The minimum atomic E-state index is -0.136. The molecule has 0 unspecified atom stereocenters. The van der Waals surface area contributed by atoms with Crippen LogP contribution >= 0.6 is 0 Å². The lowest BCUT2D eigenvalue weighted by Crippen LogP contribution is -2.46. The van der Waals surface area contributed by atoms with Gasteiger partial charge in [0.15, 0.2) is 23.1 Å². The van der Waals surface area contributed by atoms with Crippen LogP contribution in [0, 0.1) is 0 Å². The molecule has 7 aromatic rings. The largest absolute Gasteiger partial charge is 0.383 e. The van der Waals surface area contributed by atoms with Gasteiger partial charge in [0.25, 0.3) is 0 Å². The van der Waals surface area contributed by atoms with Crippen molar-refractivity contribution in [2.75, 3.05) is 32.7 Å². The molecule has 7 aromatic heterocycles. The molecule has 398 valence electrons. The molecule has 0 radical (unpaired) electrons. The van der Waals surface area contributed by atoms with Crippen molar-refractivity contribution in [1.82, 2.24) is 63.7 Å². The molecule has 0 aliphatic carbocycles. The maximum atomic E-state index is 6.07. The quantitative estimate of drug-likeness (QED) is 0.110. The Morgan fingerprint density at radius 2 is 0.932 bits per heavy atom. The number of nitrogens with zero attached hydrogens (tertiary/aromatic N) is 15. The Morgan fingerprint density at radius 1 is 0.466 bits per heavy atom. The van der Waals surface area contributed by atoms with E-state index < -0.39 is 0 Å². The minimum Gasteiger partial charge on any atom is -0.383 e. The molecule has 0 amide bonds. The SMILES string of the molecule is C=C1N(C(C)(C)C)c2ncnc(N)c2N1C(C)(C)C.CC(C)(C)c1nc(C(C)(C)C)n2ccnc(N)c12.CC(C)(C)c1nc(C(C)(C)C)n2cnnc(N)c12.CC(C)(C)c1nn(C(C)(C)C)c2ncnc(N)c12. The van der Waals surface area contributed by atoms with E-state index in [1.54, 1.807) is 12.5 Å². The van der Waals surface area contributed by atoms with Crippen molar-refractivity contribution >= 4 is 56.8 Å². The van der Waals surface area contributed by atoms with Crippen molar-refractivity contribution in [1.29, 1.82) is 0 Å². The van der Waals surface area contributed by atoms with Gasteiger partial charge in [-0.3, -0.25) is 8.80 Å². The summed E-state index contributed by atoms with van der Waals surface area (Å²) in [5.74, 6) is 5.69. The van der Waals surface area contributed by atoms with Crippen molar-refractivity contribution in [3.8, 4) is 0 Å². The Balaban J connectivity index is 0.000000181. The maximum absolute atomic E-state index is 6.07. The lowest BCUT2D eigenvalue weighted by Gasteiger charge is -2.39. The summed E-state index contributed by atoms with van der Waals surface area (Å²) in [6, 6.07) is 0. The Morgan fingerprint density at radius 3 is 1.40 bits per heavy atom. The van der Waals surface area contributed by atoms with E-state index in [9.17, 15) is 0 Å². The summed E-state index contributed by atoms with van der Waals surface area (Å²) in [6.45, 7) is 55.4. The van der Waals surface area contributed by atoms with E-state index >= 15 is 0 Å². The van der Waals surface area contributed by atoms with Crippen LogP contribution < -0.4 is 32.7 Å². The predicted octanol–water partition coefficient (Wildman–Crippen LogP) is 10.4. The number of fused-ring (bicyclic) bond motifs is 4. The van der Waals surface area contributed by atoms with Gasteiger partial charge in [0.05, 0.1) is 28.0 Å². The third kappa shape index (κ3) is 11.8. The zero-order valence-corrected chi connectivity index (χ0v) is 48.6. The molecule has 0 spiro atoms. The van der Waals surface area contributed by atoms with Crippen molar-refractivity contribution in [3.05, 3.63) is 72.5 Å². The Labute approximate surface area is 434 Å². The summed E-state index contributed by atoms with van der Waals surface area (Å²) in [5, 5.41) is 13.5. The second-order valence-electron chi connectivity index (χ2n) is 27.0. The first-order chi connectivity index (χ1) is 32.9. The molecule has 19 heteroatoms. The fraction of sp³-hybridized carbons (Fsp3) is 0.593. The van der Waals surface area contributed by atoms with Gasteiger partial charge in [0, 0.05) is 50.5 Å². The molecule has 19 nitrogen and oxygen atoms in total. The predicted molar refractivity (Wildman–Crippen MR) is 301 cm³/mol. The summed E-state index contributed by atoms with van der Waals surface area (Å²) >= 11 is 0. The molecule has 73 heavy (non-hydrogen) atoms. The van der Waals surface area contributed by atoms with Crippen LogP contribution in [0.4, 0.5) is 34.8 Å². The van der Waals surface area contributed by atoms with Crippen LogP contribution in [0.2, 0.25) is 0 Å². The summed E-state index contributed by atoms with van der Waals surface area (Å²) in [6.07, 6.45) is 8.36. The van der Waals surface area contributed by atoms with Gasteiger partial charge >= 0.3 is 0 Å². The highest BCUT2D eigenvalue weighted by molar-refractivity contribution is 5.89. The van der Waals surface area contributed by atoms with Crippen LogP contribution in [-0.4, -0.2) is 74.7 Å². The van der Waals surface area contributed by atoms with E-state index in [1.165, 1.54) is 12.7 Å². The van der Waals surface area contributed by atoms with E-state index in [-0.39, 0.29) is 43.7 Å². The molecule has 0 atom stereocenters. The standard InChI is InChI=1S/C14H23N5.C14H22N4.2C13H21N5/c1-9-18(13(2,3)4)10-11(15)16-8-17-12(10)19(9)14(5,6)7;1-13(2,3)10-9-11(15)16-7-8-18(9)12(17-10)14(4,5)6;1-12(2,3)9-8-10(14)17-15-7-18(8)11(16-9)13(4,5)6;1-12(2,3)9-8-10(14)15-7-16-11(8)18(17-9)13(4,5)6/h8H,1H2,2-7H3,(H2,15,16,17);7-8H,1-6H3,(H2,15,16);7H,1-6H3,(H2,14,17);7H,1-6H3,(H2,14,15,16). The van der Waals surface area contributed by atoms with E-state index in [0.29, 0.717) is 23.3 Å². The Kier molecular flexibility index (Phi) is 14.9. The normalized spacial score (nSPS) is 13.9. The van der Waals surface area contributed by atoms with E-state index in [4.69, 9.17) is 38.0 Å². The van der Waals surface area contributed by atoms with Gasteiger partial charge in [-0.2, -0.15) is 5.10 Å². The number of aromatic nitrogens is 13. The van der Waals surface area contributed by atoms with Gasteiger partial charge in [-0.1, -0.05) is 110 Å². The van der Waals surface area contributed by atoms with Crippen LogP contribution in [0.25, 0.3) is 22.1 Å². The molecule has 0 fully saturated rings. The average molecular weight is 1000 g/mol. The second kappa shape index (κ2) is 19.0. The van der Waals surface area contributed by atoms with Crippen molar-refractivity contribution in [2.24, 2.45) is 0 Å².